The van der Waals surface area contributed by atoms with Crippen LogP contribution in [0.15, 0.2) is 164 Å². The van der Waals surface area contributed by atoms with Gasteiger partial charge in [-0.25, -0.2) is 8.78 Å². The molecular weight excluding hydrogens is 584 g/mol. The number of para-hydroxylation sites is 4. The van der Waals surface area contributed by atoms with Gasteiger partial charge in [-0.05, 0) is 97.1 Å². The average Bonchev–Trinajstić information content (AvgIpc) is 3.61. The topological polar surface area (TPSA) is 13.1 Å². The van der Waals surface area contributed by atoms with E-state index in [1.807, 2.05) is 78.9 Å². The number of halogens is 2. The second-order valence-corrected chi connectivity index (χ2v) is 11.7. The zero-order valence-corrected chi connectivity index (χ0v) is 25.2. The largest absolute Gasteiger partial charge is 0.309 e. The van der Waals surface area contributed by atoms with Gasteiger partial charge in [-0.1, -0.05) is 66.7 Å². The molecule has 224 valence electrons. The van der Waals surface area contributed by atoms with E-state index in [1.54, 1.807) is 12.1 Å². The van der Waals surface area contributed by atoms with Crippen molar-refractivity contribution in [2.75, 3.05) is 4.90 Å². The van der Waals surface area contributed by atoms with E-state index in [-0.39, 0.29) is 11.6 Å². The van der Waals surface area contributed by atoms with Crippen molar-refractivity contribution < 1.29 is 8.78 Å². The third-order valence-electron chi connectivity index (χ3n) is 8.98. The molecule has 9 aromatic rings. The van der Waals surface area contributed by atoms with Crippen LogP contribution < -0.4 is 4.90 Å². The van der Waals surface area contributed by atoms with Crippen LogP contribution in [0.2, 0.25) is 0 Å². The first-order valence-corrected chi connectivity index (χ1v) is 15.6. The summed E-state index contributed by atoms with van der Waals surface area (Å²) in [5.41, 5.74) is 8.36. The highest BCUT2D eigenvalue weighted by molar-refractivity contribution is 6.15. The molecule has 0 radical (unpaired) electrons. The molecule has 9 rings (SSSR count). The molecule has 3 nitrogen and oxygen atoms in total. The molecule has 5 heteroatoms. The number of rotatable bonds is 5. The van der Waals surface area contributed by atoms with Gasteiger partial charge in [0.2, 0.25) is 0 Å². The lowest BCUT2D eigenvalue weighted by molar-refractivity contribution is 0.629. The van der Waals surface area contributed by atoms with Crippen LogP contribution >= 0.6 is 0 Å². The molecule has 2 aromatic heterocycles. The molecule has 2 heterocycles. The summed E-state index contributed by atoms with van der Waals surface area (Å²) in [7, 11) is 0. The first-order chi connectivity index (χ1) is 23.2. The zero-order chi connectivity index (χ0) is 31.5. The van der Waals surface area contributed by atoms with Gasteiger partial charge in [-0.2, -0.15) is 0 Å². The van der Waals surface area contributed by atoms with Crippen molar-refractivity contribution in [3.8, 4) is 11.4 Å². The SMILES string of the molecule is Fc1ccc2c3cc(N(c4ccccc4)c4cccc5c6ccc(F)cc6n(-c6ccccc6)c45)ccc3n(-c3ccccc3)c2c1. The quantitative estimate of drug-likeness (QED) is 0.189. The van der Waals surface area contributed by atoms with Crippen LogP contribution in [0, 0.1) is 11.6 Å². The molecule has 0 amide bonds. The molecule has 7 aromatic carbocycles. The Morgan fingerprint density at radius 3 is 1.62 bits per heavy atom. The predicted octanol–water partition coefficient (Wildman–Crippen LogP) is 11.6. The van der Waals surface area contributed by atoms with Gasteiger partial charge in [0.15, 0.2) is 0 Å². The van der Waals surface area contributed by atoms with Gasteiger partial charge in [-0.3, -0.25) is 0 Å². The molecule has 0 N–H and O–H groups in total. The number of aromatic nitrogens is 2. The Morgan fingerprint density at radius 1 is 0.383 bits per heavy atom. The van der Waals surface area contributed by atoms with Gasteiger partial charge in [0.1, 0.15) is 11.6 Å². The van der Waals surface area contributed by atoms with Gasteiger partial charge in [0, 0.05) is 44.3 Å². The van der Waals surface area contributed by atoms with Crippen LogP contribution in [0.3, 0.4) is 0 Å². The number of fused-ring (bicyclic) bond motifs is 6. The standard InChI is InChI=1S/C42H27F2N3/c43-28-20-23-35-37-27-33(21-24-38(37)46(40(35)25-28)31-13-6-2-7-14-31)45(30-11-4-1-5-12-30)39-18-10-17-36-34-22-19-29(44)26-41(34)47(42(36)39)32-15-8-3-9-16-32/h1-27H. The molecule has 0 aliphatic rings. The van der Waals surface area contributed by atoms with E-state index >= 15 is 0 Å². The minimum atomic E-state index is -0.282. The van der Waals surface area contributed by atoms with E-state index in [4.69, 9.17) is 0 Å². The summed E-state index contributed by atoms with van der Waals surface area (Å²) in [4.78, 5) is 2.26. The van der Waals surface area contributed by atoms with Crippen molar-refractivity contribution in [1.82, 2.24) is 9.13 Å². The van der Waals surface area contributed by atoms with Gasteiger partial charge >= 0.3 is 0 Å². The first kappa shape index (κ1) is 27.1. The lowest BCUT2D eigenvalue weighted by Gasteiger charge is -2.27. The number of benzene rings is 7. The number of hydrogen-bond acceptors (Lipinski definition) is 1. The van der Waals surface area contributed by atoms with Gasteiger partial charge in [0.25, 0.3) is 0 Å². The fourth-order valence-corrected chi connectivity index (χ4v) is 7.03. The maximum absolute atomic E-state index is 14.8. The monoisotopic (exact) mass is 611 g/mol. The van der Waals surface area contributed by atoms with Crippen LogP contribution in [0.5, 0.6) is 0 Å². The molecule has 0 fully saturated rings. The zero-order valence-electron chi connectivity index (χ0n) is 25.2. The van der Waals surface area contributed by atoms with Crippen LogP contribution in [0.4, 0.5) is 25.8 Å². The Hall–Kier alpha value is -6.20. The highest BCUT2D eigenvalue weighted by Crippen LogP contribution is 2.45. The summed E-state index contributed by atoms with van der Waals surface area (Å²) < 4.78 is 33.8. The Morgan fingerprint density at radius 2 is 0.957 bits per heavy atom. The van der Waals surface area contributed by atoms with E-state index < -0.39 is 0 Å². The summed E-state index contributed by atoms with van der Waals surface area (Å²) in [5.74, 6) is -0.559. The molecule has 0 saturated heterocycles. The fourth-order valence-electron chi connectivity index (χ4n) is 7.03. The highest BCUT2D eigenvalue weighted by atomic mass is 19.1. The van der Waals surface area contributed by atoms with E-state index in [0.717, 1.165) is 72.0 Å². The number of hydrogen-bond donors (Lipinski definition) is 0. The van der Waals surface area contributed by atoms with Crippen molar-refractivity contribution in [1.29, 1.82) is 0 Å². The lowest BCUT2D eigenvalue weighted by atomic mass is 10.1. The normalized spacial score (nSPS) is 11.6. The van der Waals surface area contributed by atoms with Gasteiger partial charge < -0.3 is 14.0 Å². The average molecular weight is 612 g/mol. The third kappa shape index (κ3) is 4.32. The van der Waals surface area contributed by atoms with Crippen molar-refractivity contribution in [2.45, 2.75) is 0 Å². The summed E-state index contributed by atoms with van der Waals surface area (Å²) in [6, 6.07) is 53.2. The fraction of sp³-hybridized carbons (Fsp3) is 0. The molecule has 0 spiro atoms. The van der Waals surface area contributed by atoms with Crippen molar-refractivity contribution >= 4 is 60.7 Å². The molecule has 0 unspecified atom stereocenters. The maximum atomic E-state index is 14.8. The Kier molecular flexibility index (Phi) is 6.18. The molecule has 0 aliphatic heterocycles. The number of anilines is 3. The Balaban J connectivity index is 1.37. The molecule has 0 aliphatic carbocycles. The minimum Gasteiger partial charge on any atom is -0.309 e. The van der Waals surface area contributed by atoms with Crippen molar-refractivity contribution in [3.63, 3.8) is 0 Å². The summed E-state index contributed by atoms with van der Waals surface area (Å²) >= 11 is 0. The second kappa shape index (κ2) is 10.7. The van der Waals surface area contributed by atoms with E-state index in [0.29, 0.717) is 0 Å². The summed E-state index contributed by atoms with van der Waals surface area (Å²) in [6.07, 6.45) is 0. The van der Waals surface area contributed by atoms with E-state index in [1.165, 1.54) is 12.1 Å². The highest BCUT2D eigenvalue weighted by Gasteiger charge is 2.23. The first-order valence-electron chi connectivity index (χ1n) is 15.6. The van der Waals surface area contributed by atoms with Crippen LogP contribution in [-0.4, -0.2) is 9.13 Å². The third-order valence-corrected chi connectivity index (χ3v) is 8.98. The smallest absolute Gasteiger partial charge is 0.125 e. The summed E-state index contributed by atoms with van der Waals surface area (Å²) in [5, 5.41) is 3.98. The van der Waals surface area contributed by atoms with E-state index in [2.05, 4.69) is 74.7 Å². The lowest BCUT2D eigenvalue weighted by Crippen LogP contribution is -2.11. The molecule has 0 atom stereocenters. The molecule has 0 bridgehead atoms. The van der Waals surface area contributed by atoms with Crippen LogP contribution in [-0.2, 0) is 0 Å². The molecular formula is C42H27F2N3. The van der Waals surface area contributed by atoms with Gasteiger partial charge in [0.05, 0.1) is 27.8 Å². The van der Waals surface area contributed by atoms with Crippen molar-refractivity contribution in [3.05, 3.63) is 175 Å². The maximum Gasteiger partial charge on any atom is 0.125 e. The second-order valence-electron chi connectivity index (χ2n) is 11.7. The molecule has 47 heavy (non-hydrogen) atoms. The number of nitrogens with zero attached hydrogens (tertiary/aromatic N) is 3. The predicted molar refractivity (Wildman–Crippen MR) is 190 cm³/mol. The van der Waals surface area contributed by atoms with Crippen LogP contribution in [0.25, 0.3) is 55.0 Å². The van der Waals surface area contributed by atoms with E-state index in [9.17, 15) is 8.78 Å². The summed E-state index contributed by atoms with van der Waals surface area (Å²) in [6.45, 7) is 0. The van der Waals surface area contributed by atoms with Gasteiger partial charge in [-0.15, -0.1) is 0 Å². The van der Waals surface area contributed by atoms with Crippen LogP contribution in [0.1, 0.15) is 0 Å². The molecule has 0 saturated carbocycles. The minimum absolute atomic E-state index is 0.277. The Labute approximate surface area is 269 Å². The van der Waals surface area contributed by atoms with Crippen molar-refractivity contribution in [2.24, 2.45) is 0 Å². The Bertz CT molecular complexity index is 2590.